The van der Waals surface area contributed by atoms with E-state index < -0.39 is 0 Å². The molecular weight excluding hydrogens is 272 g/mol. The molecule has 2 aliphatic rings. The van der Waals surface area contributed by atoms with E-state index in [1.165, 1.54) is 11.1 Å². The number of rotatable bonds is 4. The summed E-state index contributed by atoms with van der Waals surface area (Å²) in [6.07, 6.45) is 14.9. The van der Waals surface area contributed by atoms with E-state index in [1.807, 2.05) is 24.3 Å². The zero-order valence-electron chi connectivity index (χ0n) is 13.2. The molecule has 0 aliphatic heterocycles. The minimum absolute atomic E-state index is 0.110. The Bertz CT molecular complexity index is 596. The van der Waals surface area contributed by atoms with Crippen molar-refractivity contribution in [2.45, 2.75) is 38.9 Å². The van der Waals surface area contributed by atoms with E-state index in [-0.39, 0.29) is 12.2 Å². The van der Waals surface area contributed by atoms with Crippen LogP contribution in [-0.4, -0.2) is 12.2 Å². The highest BCUT2D eigenvalue weighted by Gasteiger charge is 2.11. The molecule has 22 heavy (non-hydrogen) atoms. The second-order valence-electron chi connectivity index (χ2n) is 5.87. The quantitative estimate of drug-likeness (QED) is 0.778. The average molecular weight is 294 g/mol. The third kappa shape index (κ3) is 3.91. The van der Waals surface area contributed by atoms with Gasteiger partial charge < -0.3 is 9.47 Å². The van der Waals surface area contributed by atoms with Crippen LogP contribution >= 0.6 is 0 Å². The third-order valence-corrected chi connectivity index (χ3v) is 3.87. The van der Waals surface area contributed by atoms with Crippen molar-refractivity contribution in [3.63, 3.8) is 0 Å². The Labute approximate surface area is 132 Å². The second-order valence-corrected chi connectivity index (χ2v) is 5.87. The van der Waals surface area contributed by atoms with Gasteiger partial charge in [0.15, 0.2) is 0 Å². The number of ether oxygens (including phenoxy) is 2. The van der Waals surface area contributed by atoms with Crippen LogP contribution in [0.4, 0.5) is 0 Å². The van der Waals surface area contributed by atoms with Gasteiger partial charge in [-0.2, -0.15) is 0 Å². The Morgan fingerprint density at radius 2 is 1.32 bits per heavy atom. The standard InChI is InChI=1S/C20H22O2/c1-15-6-10-17(11-7-15)21-19-4-3-5-20(14-19)22-18-12-8-16(2)9-13-18/h3-10,12,14,17-18H,11,13H2,1-2H3. The van der Waals surface area contributed by atoms with Crippen molar-refractivity contribution in [3.8, 4) is 11.5 Å². The van der Waals surface area contributed by atoms with E-state index in [9.17, 15) is 0 Å². The Balaban J connectivity index is 1.61. The van der Waals surface area contributed by atoms with E-state index in [1.54, 1.807) is 0 Å². The average Bonchev–Trinajstić information content (AvgIpc) is 2.52. The first-order chi connectivity index (χ1) is 10.7. The van der Waals surface area contributed by atoms with E-state index in [4.69, 9.17) is 9.47 Å². The first-order valence-corrected chi connectivity index (χ1v) is 7.82. The summed E-state index contributed by atoms with van der Waals surface area (Å²) >= 11 is 0. The molecule has 3 rings (SSSR count). The molecule has 2 nitrogen and oxygen atoms in total. The SMILES string of the molecule is CC1=CCC(Oc2cccc(OC3C=CC(C)=CC3)c2)C=C1. The molecule has 2 unspecified atom stereocenters. The van der Waals surface area contributed by atoms with Crippen molar-refractivity contribution in [2.75, 3.05) is 0 Å². The molecule has 0 amide bonds. The Morgan fingerprint density at radius 1 is 0.818 bits per heavy atom. The van der Waals surface area contributed by atoms with Gasteiger partial charge in [-0.05, 0) is 38.1 Å². The van der Waals surface area contributed by atoms with Crippen molar-refractivity contribution in [3.05, 3.63) is 71.9 Å². The van der Waals surface area contributed by atoms with Crippen molar-refractivity contribution >= 4 is 0 Å². The van der Waals surface area contributed by atoms with Crippen molar-refractivity contribution < 1.29 is 9.47 Å². The molecule has 114 valence electrons. The molecule has 2 atom stereocenters. The fourth-order valence-electron chi connectivity index (χ4n) is 2.56. The summed E-state index contributed by atoms with van der Waals surface area (Å²) in [5.74, 6) is 1.71. The van der Waals surface area contributed by atoms with Gasteiger partial charge in [-0.15, -0.1) is 0 Å². The van der Waals surface area contributed by atoms with Gasteiger partial charge in [0.2, 0.25) is 0 Å². The highest BCUT2D eigenvalue weighted by atomic mass is 16.5. The molecule has 0 saturated heterocycles. The van der Waals surface area contributed by atoms with Crippen LogP contribution in [0.1, 0.15) is 26.7 Å². The zero-order valence-corrected chi connectivity index (χ0v) is 13.2. The van der Waals surface area contributed by atoms with Crippen LogP contribution in [0.5, 0.6) is 11.5 Å². The molecule has 2 aliphatic carbocycles. The largest absolute Gasteiger partial charge is 0.486 e. The fourth-order valence-corrected chi connectivity index (χ4v) is 2.56. The van der Waals surface area contributed by atoms with Gasteiger partial charge in [0.25, 0.3) is 0 Å². The summed E-state index contributed by atoms with van der Waals surface area (Å²) in [6.45, 7) is 4.21. The Morgan fingerprint density at radius 3 is 1.73 bits per heavy atom. The lowest BCUT2D eigenvalue weighted by molar-refractivity contribution is 0.237. The van der Waals surface area contributed by atoms with E-state index in [0.717, 1.165) is 24.3 Å². The van der Waals surface area contributed by atoms with Gasteiger partial charge in [0, 0.05) is 18.9 Å². The molecule has 0 N–H and O–H groups in total. The topological polar surface area (TPSA) is 18.5 Å². The van der Waals surface area contributed by atoms with Crippen molar-refractivity contribution in [1.29, 1.82) is 0 Å². The summed E-state index contributed by atoms with van der Waals surface area (Å²) in [7, 11) is 0. The highest BCUT2D eigenvalue weighted by Crippen LogP contribution is 2.25. The number of hydrogen-bond donors (Lipinski definition) is 0. The molecule has 0 saturated carbocycles. The zero-order chi connectivity index (χ0) is 15.4. The first-order valence-electron chi connectivity index (χ1n) is 7.82. The number of allylic oxidation sites excluding steroid dienone is 4. The maximum Gasteiger partial charge on any atom is 0.123 e. The maximum atomic E-state index is 6.01. The van der Waals surface area contributed by atoms with E-state index >= 15 is 0 Å². The van der Waals surface area contributed by atoms with Crippen LogP contribution in [-0.2, 0) is 0 Å². The molecule has 2 heteroatoms. The predicted molar refractivity (Wildman–Crippen MR) is 90.3 cm³/mol. The third-order valence-electron chi connectivity index (χ3n) is 3.87. The van der Waals surface area contributed by atoms with Crippen molar-refractivity contribution in [2.24, 2.45) is 0 Å². The maximum absolute atomic E-state index is 6.01. The van der Waals surface area contributed by atoms with E-state index in [0.29, 0.717) is 0 Å². The summed E-state index contributed by atoms with van der Waals surface area (Å²) < 4.78 is 12.0. The molecular formula is C20H22O2. The molecule has 0 fully saturated rings. The molecule has 0 heterocycles. The van der Waals surface area contributed by atoms with Crippen LogP contribution in [0.25, 0.3) is 0 Å². The molecule has 0 spiro atoms. The van der Waals surface area contributed by atoms with Crippen LogP contribution in [0.3, 0.4) is 0 Å². The first kappa shape index (κ1) is 14.7. The van der Waals surface area contributed by atoms with Crippen LogP contribution in [0, 0.1) is 0 Å². The van der Waals surface area contributed by atoms with Gasteiger partial charge >= 0.3 is 0 Å². The lowest BCUT2D eigenvalue weighted by Gasteiger charge is -2.20. The molecule has 0 bridgehead atoms. The van der Waals surface area contributed by atoms with Gasteiger partial charge in [0.1, 0.15) is 23.7 Å². The van der Waals surface area contributed by atoms with Gasteiger partial charge in [0.05, 0.1) is 0 Å². The minimum atomic E-state index is 0.110. The summed E-state index contributed by atoms with van der Waals surface area (Å²) in [6, 6.07) is 7.91. The minimum Gasteiger partial charge on any atom is -0.486 e. The van der Waals surface area contributed by atoms with Crippen LogP contribution in [0.2, 0.25) is 0 Å². The second kappa shape index (κ2) is 6.69. The Kier molecular flexibility index (Phi) is 4.47. The molecule has 0 aromatic heterocycles. The van der Waals surface area contributed by atoms with Gasteiger partial charge in [-0.25, -0.2) is 0 Å². The molecule has 1 aromatic rings. The number of benzene rings is 1. The fraction of sp³-hybridized carbons (Fsp3) is 0.300. The lowest BCUT2D eigenvalue weighted by Crippen LogP contribution is -2.16. The highest BCUT2D eigenvalue weighted by molar-refractivity contribution is 5.35. The summed E-state index contributed by atoms with van der Waals surface area (Å²) in [5, 5.41) is 0. The van der Waals surface area contributed by atoms with Gasteiger partial charge in [-0.1, -0.05) is 41.5 Å². The number of hydrogen-bond acceptors (Lipinski definition) is 2. The van der Waals surface area contributed by atoms with Crippen LogP contribution in [0.15, 0.2) is 71.9 Å². The normalized spacial score (nSPS) is 23.7. The van der Waals surface area contributed by atoms with Crippen molar-refractivity contribution in [1.82, 2.24) is 0 Å². The lowest BCUT2D eigenvalue weighted by atomic mass is 10.1. The summed E-state index contributed by atoms with van der Waals surface area (Å²) in [4.78, 5) is 0. The van der Waals surface area contributed by atoms with Crippen LogP contribution < -0.4 is 9.47 Å². The predicted octanol–water partition coefficient (Wildman–Crippen LogP) is 4.99. The Hall–Kier alpha value is -2.22. The van der Waals surface area contributed by atoms with Gasteiger partial charge in [-0.3, -0.25) is 0 Å². The molecule has 0 radical (unpaired) electrons. The summed E-state index contributed by atoms with van der Waals surface area (Å²) in [5.41, 5.74) is 2.59. The smallest absolute Gasteiger partial charge is 0.123 e. The van der Waals surface area contributed by atoms with E-state index in [2.05, 4.69) is 50.3 Å². The molecule has 1 aromatic carbocycles. The monoisotopic (exact) mass is 294 g/mol.